The van der Waals surface area contributed by atoms with E-state index in [0.29, 0.717) is 26.1 Å². The normalized spacial score (nSPS) is 19.1. The van der Waals surface area contributed by atoms with Crippen LogP contribution in [0, 0.1) is 26.6 Å². The number of benzene rings is 3. The number of nitrogens with zero attached hydrogens (tertiary/aromatic N) is 2. The van der Waals surface area contributed by atoms with Gasteiger partial charge in [-0.25, -0.2) is 4.39 Å². The highest BCUT2D eigenvalue weighted by atomic mass is 35.5. The van der Waals surface area contributed by atoms with Crippen LogP contribution >= 0.6 is 11.6 Å². The molecule has 1 amide bonds. The van der Waals surface area contributed by atoms with E-state index in [-0.39, 0.29) is 11.7 Å². The Kier molecular flexibility index (Phi) is 7.28. The molecule has 5 rings (SSSR count). The first-order valence-electron chi connectivity index (χ1n) is 13.1. The van der Waals surface area contributed by atoms with Crippen molar-refractivity contribution in [2.75, 3.05) is 31.1 Å². The molecule has 200 valence electrons. The molecule has 0 saturated carbocycles. The lowest BCUT2D eigenvalue weighted by atomic mass is 9.86. The van der Waals surface area contributed by atoms with Gasteiger partial charge in [0.25, 0.3) is 5.91 Å². The van der Waals surface area contributed by atoms with E-state index in [1.807, 2.05) is 49.9 Å². The summed E-state index contributed by atoms with van der Waals surface area (Å²) >= 11 is 6.03. The Hall–Kier alpha value is -3.25. The summed E-state index contributed by atoms with van der Waals surface area (Å²) in [4.78, 5) is 17.9. The molecule has 38 heavy (non-hydrogen) atoms. The highest BCUT2D eigenvalue weighted by Crippen LogP contribution is 2.44. The maximum absolute atomic E-state index is 13.7. The predicted octanol–water partition coefficient (Wildman–Crippen LogP) is 6.42. The number of carbonyl (C=O) groups is 1. The summed E-state index contributed by atoms with van der Waals surface area (Å²) in [6.45, 7) is 11.2. The van der Waals surface area contributed by atoms with Gasteiger partial charge in [0, 0.05) is 48.9 Å². The summed E-state index contributed by atoms with van der Waals surface area (Å²) < 4.78 is 26.1. The molecule has 0 bridgehead atoms. The zero-order valence-corrected chi connectivity index (χ0v) is 23.2. The summed E-state index contributed by atoms with van der Waals surface area (Å²) in [5, 5.41) is 0.720. The average Bonchev–Trinajstić information content (AvgIpc) is 2.93. The van der Waals surface area contributed by atoms with Crippen LogP contribution in [-0.4, -0.2) is 42.6 Å². The van der Waals surface area contributed by atoms with E-state index in [9.17, 15) is 9.18 Å². The molecule has 3 aromatic carbocycles. The van der Waals surface area contributed by atoms with Crippen molar-refractivity contribution < 1.29 is 18.7 Å². The van der Waals surface area contributed by atoms with Crippen LogP contribution in [0.2, 0.25) is 5.02 Å². The van der Waals surface area contributed by atoms with Gasteiger partial charge in [-0.05, 0) is 92.8 Å². The average molecular weight is 537 g/mol. The number of amides is 1. The highest BCUT2D eigenvalue weighted by Gasteiger charge is 2.43. The van der Waals surface area contributed by atoms with E-state index in [0.717, 1.165) is 69.5 Å². The Morgan fingerprint density at radius 3 is 2.29 bits per heavy atom. The van der Waals surface area contributed by atoms with Gasteiger partial charge in [-0.3, -0.25) is 4.79 Å². The second-order valence-electron chi connectivity index (χ2n) is 10.5. The molecule has 3 aromatic rings. The number of hydrogen-bond acceptors (Lipinski definition) is 4. The highest BCUT2D eigenvalue weighted by molar-refractivity contribution is 6.30. The van der Waals surface area contributed by atoms with E-state index in [1.54, 1.807) is 12.1 Å². The van der Waals surface area contributed by atoms with Crippen LogP contribution in [0.25, 0.3) is 0 Å². The summed E-state index contributed by atoms with van der Waals surface area (Å²) in [7, 11) is 0. The molecule has 2 heterocycles. The molecule has 1 unspecified atom stereocenters. The third-order valence-electron chi connectivity index (χ3n) is 8.00. The number of rotatable bonds is 5. The molecule has 1 atom stereocenters. The lowest BCUT2D eigenvalue weighted by Gasteiger charge is -2.43. The Morgan fingerprint density at radius 2 is 1.63 bits per heavy atom. The molecule has 0 radical (unpaired) electrons. The molecule has 1 saturated heterocycles. The summed E-state index contributed by atoms with van der Waals surface area (Å²) in [6, 6.07) is 14.2. The molecule has 5 nitrogen and oxygen atoms in total. The molecule has 1 fully saturated rings. The molecular formula is C31H34ClFN2O3. The lowest BCUT2D eigenvalue weighted by molar-refractivity contribution is -0.148. The van der Waals surface area contributed by atoms with Gasteiger partial charge in [-0.15, -0.1) is 0 Å². The molecule has 2 aliphatic rings. The van der Waals surface area contributed by atoms with Gasteiger partial charge in [0.2, 0.25) is 0 Å². The maximum atomic E-state index is 13.7. The topological polar surface area (TPSA) is 42.0 Å². The van der Waals surface area contributed by atoms with Crippen LogP contribution < -0.4 is 14.4 Å². The number of carbonyl (C=O) groups excluding carboxylic acids is 1. The predicted molar refractivity (Wildman–Crippen MR) is 149 cm³/mol. The summed E-state index contributed by atoms with van der Waals surface area (Å²) in [5.41, 5.74) is 5.25. The van der Waals surface area contributed by atoms with Gasteiger partial charge < -0.3 is 19.3 Å². The minimum absolute atomic E-state index is 0.0465. The van der Waals surface area contributed by atoms with Crippen molar-refractivity contribution in [2.24, 2.45) is 0 Å². The van der Waals surface area contributed by atoms with Crippen molar-refractivity contribution in [1.29, 1.82) is 0 Å². The molecule has 0 aromatic heterocycles. The van der Waals surface area contributed by atoms with Gasteiger partial charge in [0.15, 0.2) is 5.60 Å². The largest absolute Gasteiger partial charge is 0.488 e. The van der Waals surface area contributed by atoms with Crippen LogP contribution in [0.15, 0.2) is 48.5 Å². The number of anilines is 1. The third kappa shape index (κ3) is 5.06. The van der Waals surface area contributed by atoms with Gasteiger partial charge in [0.1, 0.15) is 23.9 Å². The monoisotopic (exact) mass is 536 g/mol. The number of fused-ring (bicyclic) bond motifs is 1. The zero-order valence-electron chi connectivity index (χ0n) is 22.4. The Labute approximate surface area is 229 Å². The SMILES string of the molecule is Cc1c(C)c2c(c(C)c1OCc1ccc(F)cc1)CCC(C)(C(=O)N1CCN(c3ccc(Cl)cc3)CC1)O2. The van der Waals surface area contributed by atoms with Crippen molar-refractivity contribution in [3.8, 4) is 11.5 Å². The van der Waals surface area contributed by atoms with E-state index in [1.165, 1.54) is 12.1 Å². The first-order chi connectivity index (χ1) is 18.2. The molecule has 7 heteroatoms. The zero-order chi connectivity index (χ0) is 27.0. The molecule has 0 N–H and O–H groups in total. The van der Waals surface area contributed by atoms with Crippen molar-refractivity contribution in [1.82, 2.24) is 4.90 Å². The minimum Gasteiger partial charge on any atom is -0.488 e. The van der Waals surface area contributed by atoms with Crippen molar-refractivity contribution in [3.63, 3.8) is 0 Å². The maximum Gasteiger partial charge on any atom is 0.266 e. The van der Waals surface area contributed by atoms with Gasteiger partial charge in [0.05, 0.1) is 0 Å². The number of ether oxygens (including phenoxy) is 2. The fourth-order valence-electron chi connectivity index (χ4n) is 5.49. The van der Waals surface area contributed by atoms with Crippen LogP contribution in [0.5, 0.6) is 11.5 Å². The molecule has 0 spiro atoms. The molecule has 0 aliphatic carbocycles. The van der Waals surface area contributed by atoms with Gasteiger partial charge >= 0.3 is 0 Å². The fourth-order valence-corrected chi connectivity index (χ4v) is 5.62. The van der Waals surface area contributed by atoms with Crippen molar-refractivity contribution >= 4 is 23.2 Å². The fraction of sp³-hybridized carbons (Fsp3) is 0.387. The van der Waals surface area contributed by atoms with Crippen molar-refractivity contribution in [2.45, 2.75) is 52.7 Å². The van der Waals surface area contributed by atoms with Crippen LogP contribution in [0.1, 0.15) is 41.2 Å². The quantitative estimate of drug-likeness (QED) is 0.377. The van der Waals surface area contributed by atoms with Crippen molar-refractivity contribution in [3.05, 3.63) is 87.2 Å². The smallest absolute Gasteiger partial charge is 0.266 e. The van der Waals surface area contributed by atoms with Crippen LogP contribution in [0.4, 0.5) is 10.1 Å². The molecular weight excluding hydrogens is 503 g/mol. The number of piperazine rings is 1. The Bertz CT molecular complexity index is 1330. The number of hydrogen-bond donors (Lipinski definition) is 0. The lowest BCUT2D eigenvalue weighted by Crippen LogP contribution is -2.57. The third-order valence-corrected chi connectivity index (χ3v) is 8.25. The summed E-state index contributed by atoms with van der Waals surface area (Å²) in [5.74, 6) is 1.42. The second-order valence-corrected chi connectivity index (χ2v) is 11.0. The second kappa shape index (κ2) is 10.5. The standard InChI is InChI=1S/C31H34ClFN2O3/c1-20-21(2)29-27(22(3)28(20)37-19-23-5-9-25(33)10-6-23)13-14-31(4,38-29)30(36)35-17-15-34(16-18-35)26-11-7-24(32)8-12-26/h5-12H,13-19H2,1-4H3. The first-order valence-corrected chi connectivity index (χ1v) is 13.5. The van der Waals surface area contributed by atoms with Crippen LogP contribution in [-0.2, 0) is 17.8 Å². The Balaban J connectivity index is 1.29. The van der Waals surface area contributed by atoms with Crippen LogP contribution in [0.3, 0.4) is 0 Å². The molecule has 2 aliphatic heterocycles. The minimum atomic E-state index is -0.907. The van der Waals surface area contributed by atoms with Gasteiger partial charge in [-0.1, -0.05) is 23.7 Å². The van der Waals surface area contributed by atoms with E-state index >= 15 is 0 Å². The first kappa shape index (κ1) is 26.4. The van der Waals surface area contributed by atoms with Gasteiger partial charge in [-0.2, -0.15) is 0 Å². The van der Waals surface area contributed by atoms with E-state index in [4.69, 9.17) is 21.1 Å². The Morgan fingerprint density at radius 1 is 0.974 bits per heavy atom. The number of halogens is 2. The van der Waals surface area contributed by atoms with E-state index < -0.39 is 5.60 Å². The van der Waals surface area contributed by atoms with E-state index in [2.05, 4.69) is 11.8 Å². The summed E-state index contributed by atoms with van der Waals surface area (Å²) in [6.07, 6.45) is 1.35.